The molecule has 0 amide bonds. The first-order valence-electron chi connectivity index (χ1n) is 5.46. The minimum Gasteiger partial charge on any atom is -0.464 e. The van der Waals surface area contributed by atoms with Crippen LogP contribution in [0.3, 0.4) is 0 Å². The number of aromatic nitrogens is 1. The van der Waals surface area contributed by atoms with Gasteiger partial charge >= 0.3 is 0 Å². The second kappa shape index (κ2) is 5.23. The lowest BCUT2D eigenvalue weighted by atomic mass is 10.3. The number of anilines is 1. The van der Waals surface area contributed by atoms with Crippen LogP contribution in [0, 0.1) is 6.92 Å². The number of nitrogens with zero attached hydrogens (tertiary/aromatic N) is 2. The van der Waals surface area contributed by atoms with E-state index in [1.165, 1.54) is 0 Å². The Labute approximate surface area is 106 Å². The highest BCUT2D eigenvalue weighted by Crippen LogP contribution is 2.15. The van der Waals surface area contributed by atoms with Crippen LogP contribution in [0.5, 0.6) is 0 Å². The van der Waals surface area contributed by atoms with Crippen LogP contribution in [0.25, 0.3) is 0 Å². The van der Waals surface area contributed by atoms with Crippen molar-refractivity contribution >= 4 is 17.4 Å². The Bertz CT molecular complexity index is 478. The average Bonchev–Trinajstić information content (AvgIpc) is 2.75. The molecule has 0 saturated heterocycles. The van der Waals surface area contributed by atoms with E-state index in [9.17, 15) is 0 Å². The van der Waals surface area contributed by atoms with E-state index >= 15 is 0 Å². The molecule has 0 aliphatic carbocycles. The number of rotatable bonds is 4. The second-order valence-corrected chi connectivity index (χ2v) is 4.29. The third-order valence-electron chi connectivity index (χ3n) is 2.54. The minimum atomic E-state index is 0.494. The lowest BCUT2D eigenvalue weighted by Crippen LogP contribution is -2.17. The van der Waals surface area contributed by atoms with E-state index in [4.69, 9.17) is 16.0 Å². The van der Waals surface area contributed by atoms with Gasteiger partial charge in [-0.25, -0.2) is 4.98 Å². The van der Waals surface area contributed by atoms with Crippen molar-refractivity contribution in [2.45, 2.75) is 19.3 Å². The highest BCUT2D eigenvalue weighted by atomic mass is 35.5. The Morgan fingerprint density at radius 2 is 2.12 bits per heavy atom. The number of pyridine rings is 1. The van der Waals surface area contributed by atoms with Crippen LogP contribution in [-0.2, 0) is 12.4 Å². The molecule has 0 aromatic carbocycles. The Morgan fingerprint density at radius 3 is 2.65 bits per heavy atom. The van der Waals surface area contributed by atoms with Crippen molar-refractivity contribution in [3.05, 3.63) is 47.5 Å². The quantitative estimate of drug-likeness (QED) is 0.780. The molecule has 0 atom stereocenters. The van der Waals surface area contributed by atoms with Gasteiger partial charge in [-0.1, -0.05) is 6.07 Å². The predicted octanol–water partition coefficient (Wildman–Crippen LogP) is 3.36. The molecular weight excluding hydrogens is 236 g/mol. The van der Waals surface area contributed by atoms with Crippen molar-refractivity contribution in [2.24, 2.45) is 0 Å². The number of furan rings is 1. The topological polar surface area (TPSA) is 29.3 Å². The zero-order valence-corrected chi connectivity index (χ0v) is 10.7. The van der Waals surface area contributed by atoms with Crippen molar-refractivity contribution in [1.82, 2.24) is 4.98 Å². The van der Waals surface area contributed by atoms with E-state index in [1.807, 2.05) is 43.1 Å². The molecule has 2 rings (SSSR count). The lowest BCUT2D eigenvalue weighted by molar-refractivity contribution is 0.481. The van der Waals surface area contributed by atoms with Crippen molar-refractivity contribution in [3.8, 4) is 0 Å². The number of hydrogen-bond acceptors (Lipinski definition) is 3. The molecule has 0 N–H and O–H groups in total. The Balaban J connectivity index is 2.06. The fourth-order valence-corrected chi connectivity index (χ4v) is 1.76. The van der Waals surface area contributed by atoms with Crippen LogP contribution in [-0.4, -0.2) is 12.0 Å². The van der Waals surface area contributed by atoms with E-state index in [1.54, 1.807) is 6.20 Å². The van der Waals surface area contributed by atoms with E-state index < -0.39 is 0 Å². The van der Waals surface area contributed by atoms with Crippen LogP contribution in [0.1, 0.15) is 17.1 Å². The van der Waals surface area contributed by atoms with E-state index in [2.05, 4.69) is 4.98 Å². The van der Waals surface area contributed by atoms with Crippen molar-refractivity contribution < 1.29 is 4.42 Å². The SMILES string of the molecule is Cc1ccc(CN(C)c2ccc(CCl)cn2)o1. The van der Waals surface area contributed by atoms with Crippen LogP contribution < -0.4 is 4.90 Å². The Kier molecular flexibility index (Phi) is 3.69. The molecule has 0 fully saturated rings. The van der Waals surface area contributed by atoms with Gasteiger partial charge in [-0.2, -0.15) is 0 Å². The zero-order chi connectivity index (χ0) is 12.3. The molecule has 2 aromatic heterocycles. The summed E-state index contributed by atoms with van der Waals surface area (Å²) in [6.45, 7) is 2.65. The Morgan fingerprint density at radius 1 is 1.29 bits per heavy atom. The molecule has 0 bridgehead atoms. The fraction of sp³-hybridized carbons (Fsp3) is 0.308. The summed E-state index contributed by atoms with van der Waals surface area (Å²) in [7, 11) is 1.99. The fourth-order valence-electron chi connectivity index (χ4n) is 1.61. The van der Waals surface area contributed by atoms with Gasteiger partial charge in [0, 0.05) is 19.1 Å². The summed E-state index contributed by atoms with van der Waals surface area (Å²) in [4.78, 5) is 6.39. The molecule has 0 saturated carbocycles. The number of aryl methyl sites for hydroxylation is 1. The highest BCUT2D eigenvalue weighted by Gasteiger charge is 2.06. The molecule has 0 aliphatic rings. The summed E-state index contributed by atoms with van der Waals surface area (Å²) >= 11 is 5.72. The summed E-state index contributed by atoms with van der Waals surface area (Å²) in [5, 5.41) is 0. The standard InChI is InChI=1S/C13H15ClN2O/c1-10-3-5-12(17-10)9-16(2)13-6-4-11(7-14)8-15-13/h3-6,8H,7,9H2,1-2H3. The minimum absolute atomic E-state index is 0.494. The van der Waals surface area contributed by atoms with Crippen LogP contribution >= 0.6 is 11.6 Å². The molecule has 17 heavy (non-hydrogen) atoms. The van der Waals surface area contributed by atoms with Crippen LogP contribution in [0.2, 0.25) is 0 Å². The maximum Gasteiger partial charge on any atom is 0.128 e. The summed E-state index contributed by atoms with van der Waals surface area (Å²) in [5.74, 6) is 3.27. The monoisotopic (exact) mass is 250 g/mol. The highest BCUT2D eigenvalue weighted by molar-refractivity contribution is 6.17. The van der Waals surface area contributed by atoms with Crippen LogP contribution in [0.4, 0.5) is 5.82 Å². The smallest absolute Gasteiger partial charge is 0.128 e. The van der Waals surface area contributed by atoms with Crippen molar-refractivity contribution in [1.29, 1.82) is 0 Å². The third-order valence-corrected chi connectivity index (χ3v) is 2.85. The van der Waals surface area contributed by atoms with Gasteiger partial charge in [-0.05, 0) is 30.7 Å². The molecule has 90 valence electrons. The molecule has 3 nitrogen and oxygen atoms in total. The summed E-state index contributed by atoms with van der Waals surface area (Å²) in [6.07, 6.45) is 1.80. The van der Waals surface area contributed by atoms with Gasteiger partial charge in [0.05, 0.1) is 6.54 Å². The molecule has 2 heterocycles. The van der Waals surface area contributed by atoms with Gasteiger partial charge in [-0.3, -0.25) is 0 Å². The van der Waals surface area contributed by atoms with Gasteiger partial charge in [0.1, 0.15) is 17.3 Å². The molecule has 0 aliphatic heterocycles. The number of alkyl halides is 1. The zero-order valence-electron chi connectivity index (χ0n) is 9.98. The van der Waals surface area contributed by atoms with Gasteiger partial charge < -0.3 is 9.32 Å². The molecule has 0 unspecified atom stereocenters. The normalized spacial score (nSPS) is 10.5. The van der Waals surface area contributed by atoms with Gasteiger partial charge in [0.2, 0.25) is 0 Å². The maximum atomic E-state index is 5.72. The molecule has 0 spiro atoms. The lowest BCUT2D eigenvalue weighted by Gasteiger charge is -2.16. The van der Waals surface area contributed by atoms with E-state index in [0.29, 0.717) is 12.4 Å². The number of halogens is 1. The van der Waals surface area contributed by atoms with E-state index in [0.717, 1.165) is 22.9 Å². The van der Waals surface area contributed by atoms with Gasteiger partial charge in [0.15, 0.2) is 0 Å². The van der Waals surface area contributed by atoms with Crippen LogP contribution in [0.15, 0.2) is 34.9 Å². The summed E-state index contributed by atoms with van der Waals surface area (Å²) in [6, 6.07) is 7.90. The van der Waals surface area contributed by atoms with E-state index in [-0.39, 0.29) is 0 Å². The third kappa shape index (κ3) is 3.01. The molecule has 4 heteroatoms. The molecule has 0 radical (unpaired) electrons. The maximum absolute atomic E-state index is 5.72. The summed E-state index contributed by atoms with van der Waals surface area (Å²) < 4.78 is 5.53. The van der Waals surface area contributed by atoms with Crippen molar-refractivity contribution in [2.75, 3.05) is 11.9 Å². The van der Waals surface area contributed by atoms with Gasteiger partial charge in [-0.15, -0.1) is 11.6 Å². The summed E-state index contributed by atoms with van der Waals surface area (Å²) in [5.41, 5.74) is 1.03. The first-order valence-corrected chi connectivity index (χ1v) is 6.00. The van der Waals surface area contributed by atoms with Gasteiger partial charge in [0.25, 0.3) is 0 Å². The largest absolute Gasteiger partial charge is 0.464 e. The number of hydrogen-bond donors (Lipinski definition) is 0. The van der Waals surface area contributed by atoms with Crippen molar-refractivity contribution in [3.63, 3.8) is 0 Å². The average molecular weight is 251 g/mol. The second-order valence-electron chi connectivity index (χ2n) is 4.03. The first kappa shape index (κ1) is 12.0. The molecular formula is C13H15ClN2O. The molecule has 2 aromatic rings. The first-order chi connectivity index (χ1) is 8.19. The Hall–Kier alpha value is -1.48. The predicted molar refractivity (Wildman–Crippen MR) is 69.3 cm³/mol.